The predicted molar refractivity (Wildman–Crippen MR) is 75.5 cm³/mol. The first-order valence-electron chi connectivity index (χ1n) is 5.82. The standard InChI is InChI=1S/C12H14BrN5O/c13-9-6-10(11(14)17-7-9)12(19)16-2-1-4-18-5-3-15-8-18/h3,5-8H,1-2,4H2,(H2,14,17)(H,16,19). The molecule has 0 aliphatic rings. The molecule has 6 nitrogen and oxygen atoms in total. The molecular weight excluding hydrogens is 310 g/mol. The van der Waals surface area contributed by atoms with Gasteiger partial charge in [-0.25, -0.2) is 9.97 Å². The van der Waals surface area contributed by atoms with Gasteiger partial charge >= 0.3 is 0 Å². The first-order chi connectivity index (χ1) is 9.16. The monoisotopic (exact) mass is 323 g/mol. The summed E-state index contributed by atoms with van der Waals surface area (Å²) in [6.45, 7) is 1.38. The fourth-order valence-electron chi connectivity index (χ4n) is 1.61. The fourth-order valence-corrected chi connectivity index (χ4v) is 1.94. The van der Waals surface area contributed by atoms with E-state index in [-0.39, 0.29) is 11.7 Å². The zero-order chi connectivity index (χ0) is 13.7. The number of rotatable bonds is 5. The molecule has 0 aromatic carbocycles. The van der Waals surface area contributed by atoms with Crippen LogP contribution in [0.25, 0.3) is 0 Å². The summed E-state index contributed by atoms with van der Waals surface area (Å²) >= 11 is 3.26. The van der Waals surface area contributed by atoms with Gasteiger partial charge in [0, 0.05) is 36.2 Å². The number of pyridine rings is 1. The third kappa shape index (κ3) is 3.78. The first kappa shape index (κ1) is 13.5. The predicted octanol–water partition coefficient (Wildman–Crippen LogP) is 1.44. The maximum Gasteiger partial charge on any atom is 0.255 e. The zero-order valence-electron chi connectivity index (χ0n) is 10.2. The molecule has 3 N–H and O–H groups in total. The van der Waals surface area contributed by atoms with E-state index in [4.69, 9.17) is 5.73 Å². The van der Waals surface area contributed by atoms with Crippen LogP contribution in [-0.2, 0) is 6.54 Å². The Kier molecular flexibility index (Phi) is 4.51. The number of aryl methyl sites for hydroxylation is 1. The lowest BCUT2D eigenvalue weighted by Crippen LogP contribution is -2.26. The number of carbonyl (C=O) groups excluding carboxylic acids is 1. The second kappa shape index (κ2) is 6.33. The van der Waals surface area contributed by atoms with Gasteiger partial charge in [-0.05, 0) is 28.4 Å². The molecule has 0 saturated carbocycles. The molecule has 2 aromatic heterocycles. The highest BCUT2D eigenvalue weighted by Crippen LogP contribution is 2.15. The molecule has 0 fully saturated rings. The van der Waals surface area contributed by atoms with Gasteiger partial charge in [0.15, 0.2) is 0 Å². The van der Waals surface area contributed by atoms with Gasteiger partial charge in [0.1, 0.15) is 5.82 Å². The molecule has 0 aliphatic heterocycles. The van der Waals surface area contributed by atoms with E-state index >= 15 is 0 Å². The lowest BCUT2D eigenvalue weighted by atomic mass is 10.2. The molecule has 1 amide bonds. The number of anilines is 1. The highest BCUT2D eigenvalue weighted by Gasteiger charge is 2.10. The molecule has 0 aliphatic carbocycles. The van der Waals surface area contributed by atoms with Crippen molar-refractivity contribution >= 4 is 27.7 Å². The van der Waals surface area contributed by atoms with E-state index in [0.29, 0.717) is 12.1 Å². The van der Waals surface area contributed by atoms with E-state index in [1.165, 1.54) is 0 Å². The van der Waals surface area contributed by atoms with E-state index in [2.05, 4.69) is 31.2 Å². The highest BCUT2D eigenvalue weighted by molar-refractivity contribution is 9.10. The first-order valence-corrected chi connectivity index (χ1v) is 6.61. The van der Waals surface area contributed by atoms with Crippen LogP contribution in [0, 0.1) is 0 Å². The average Bonchev–Trinajstić information content (AvgIpc) is 2.90. The van der Waals surface area contributed by atoms with Crippen molar-refractivity contribution in [2.24, 2.45) is 0 Å². The topological polar surface area (TPSA) is 85.8 Å². The summed E-state index contributed by atoms with van der Waals surface area (Å²) in [5.74, 6) is 0.0206. The summed E-state index contributed by atoms with van der Waals surface area (Å²) in [7, 11) is 0. The number of aromatic nitrogens is 3. The molecule has 2 heterocycles. The van der Waals surface area contributed by atoms with Gasteiger partial charge in [-0.2, -0.15) is 0 Å². The minimum atomic E-state index is -0.211. The van der Waals surface area contributed by atoms with Gasteiger partial charge in [0.25, 0.3) is 5.91 Å². The van der Waals surface area contributed by atoms with Crippen LogP contribution < -0.4 is 11.1 Å². The number of carbonyl (C=O) groups is 1. The maximum atomic E-state index is 11.9. The van der Waals surface area contributed by atoms with Gasteiger partial charge in [0.05, 0.1) is 11.9 Å². The molecule has 0 radical (unpaired) electrons. The van der Waals surface area contributed by atoms with E-state index < -0.39 is 0 Å². The lowest BCUT2D eigenvalue weighted by molar-refractivity contribution is 0.0953. The van der Waals surface area contributed by atoms with Crippen molar-refractivity contribution in [2.45, 2.75) is 13.0 Å². The van der Waals surface area contributed by atoms with Crippen LogP contribution in [-0.4, -0.2) is 27.0 Å². The Bertz CT molecular complexity index is 555. The van der Waals surface area contributed by atoms with Gasteiger partial charge in [-0.15, -0.1) is 0 Å². The largest absolute Gasteiger partial charge is 0.383 e. The second-order valence-corrected chi connectivity index (χ2v) is 4.91. The lowest BCUT2D eigenvalue weighted by Gasteiger charge is -2.07. The van der Waals surface area contributed by atoms with Crippen molar-refractivity contribution < 1.29 is 4.79 Å². The van der Waals surface area contributed by atoms with E-state index in [1.54, 1.807) is 24.8 Å². The number of hydrogen-bond donors (Lipinski definition) is 2. The van der Waals surface area contributed by atoms with E-state index in [0.717, 1.165) is 17.4 Å². The molecule has 7 heteroatoms. The molecule has 100 valence electrons. The Balaban J connectivity index is 1.82. The Labute approximate surface area is 119 Å². The Morgan fingerprint density at radius 2 is 2.37 bits per heavy atom. The van der Waals surface area contributed by atoms with Crippen molar-refractivity contribution in [1.82, 2.24) is 19.9 Å². The van der Waals surface area contributed by atoms with E-state index in [1.807, 2.05) is 10.8 Å². The molecule has 19 heavy (non-hydrogen) atoms. The number of amides is 1. The van der Waals surface area contributed by atoms with Crippen LogP contribution in [0.5, 0.6) is 0 Å². The maximum absolute atomic E-state index is 11.9. The smallest absolute Gasteiger partial charge is 0.255 e. The molecule has 0 spiro atoms. The Morgan fingerprint density at radius 3 is 3.11 bits per heavy atom. The van der Waals surface area contributed by atoms with E-state index in [9.17, 15) is 4.79 Å². The number of nitrogens with one attached hydrogen (secondary N) is 1. The number of imidazole rings is 1. The van der Waals surface area contributed by atoms with Crippen LogP contribution in [0.4, 0.5) is 5.82 Å². The van der Waals surface area contributed by atoms with Gasteiger partial charge in [-0.3, -0.25) is 4.79 Å². The van der Waals surface area contributed by atoms with Crippen LogP contribution in [0.3, 0.4) is 0 Å². The Hall–Kier alpha value is -1.89. The molecular formula is C12H14BrN5O. The number of halogens is 1. The third-order valence-electron chi connectivity index (χ3n) is 2.57. The molecule has 0 bridgehead atoms. The normalized spacial score (nSPS) is 10.4. The average molecular weight is 324 g/mol. The van der Waals surface area contributed by atoms with Crippen molar-refractivity contribution in [2.75, 3.05) is 12.3 Å². The quantitative estimate of drug-likeness (QED) is 0.815. The second-order valence-electron chi connectivity index (χ2n) is 4.00. The number of nitrogens with zero attached hydrogens (tertiary/aromatic N) is 3. The molecule has 0 unspecified atom stereocenters. The third-order valence-corrected chi connectivity index (χ3v) is 3.00. The summed E-state index contributed by atoms with van der Waals surface area (Å²) in [4.78, 5) is 19.8. The van der Waals surface area contributed by atoms with Crippen LogP contribution in [0.2, 0.25) is 0 Å². The summed E-state index contributed by atoms with van der Waals surface area (Å²) < 4.78 is 2.69. The number of nitrogen functional groups attached to an aromatic ring is 1. The summed E-state index contributed by atoms with van der Waals surface area (Å²) in [5, 5.41) is 2.82. The zero-order valence-corrected chi connectivity index (χ0v) is 11.8. The SMILES string of the molecule is Nc1ncc(Br)cc1C(=O)NCCCn1ccnc1. The Morgan fingerprint density at radius 1 is 1.53 bits per heavy atom. The minimum absolute atomic E-state index is 0.211. The molecule has 0 saturated heterocycles. The van der Waals surface area contributed by atoms with Crippen LogP contribution in [0.1, 0.15) is 16.8 Å². The van der Waals surface area contributed by atoms with Gasteiger partial charge in [-0.1, -0.05) is 0 Å². The number of hydrogen-bond acceptors (Lipinski definition) is 4. The van der Waals surface area contributed by atoms with Gasteiger partial charge in [0.2, 0.25) is 0 Å². The molecule has 2 aromatic rings. The fraction of sp³-hybridized carbons (Fsp3) is 0.250. The number of nitrogens with two attached hydrogens (primary N) is 1. The van der Waals surface area contributed by atoms with Gasteiger partial charge < -0.3 is 15.6 Å². The minimum Gasteiger partial charge on any atom is -0.383 e. The van der Waals surface area contributed by atoms with Crippen LogP contribution >= 0.6 is 15.9 Å². The van der Waals surface area contributed by atoms with Crippen LogP contribution in [0.15, 0.2) is 35.5 Å². The summed E-state index contributed by atoms with van der Waals surface area (Å²) in [6, 6.07) is 1.66. The van der Waals surface area contributed by atoms with Crippen molar-refractivity contribution in [3.8, 4) is 0 Å². The van der Waals surface area contributed by atoms with Crippen molar-refractivity contribution in [3.05, 3.63) is 41.0 Å². The summed E-state index contributed by atoms with van der Waals surface area (Å²) in [5.41, 5.74) is 6.05. The summed E-state index contributed by atoms with van der Waals surface area (Å²) in [6.07, 6.45) is 7.75. The molecule has 2 rings (SSSR count). The molecule has 0 atom stereocenters. The highest BCUT2D eigenvalue weighted by atomic mass is 79.9. The van der Waals surface area contributed by atoms with Crippen molar-refractivity contribution in [3.63, 3.8) is 0 Å². The van der Waals surface area contributed by atoms with Crippen molar-refractivity contribution in [1.29, 1.82) is 0 Å².